The SMILES string of the molecule is C=CCCC(O)[C@@H]1CCCN1C. The van der Waals surface area contributed by atoms with E-state index in [4.69, 9.17) is 0 Å². The highest BCUT2D eigenvalue weighted by Crippen LogP contribution is 2.20. The molecule has 2 nitrogen and oxygen atoms in total. The number of aliphatic hydroxyl groups excluding tert-OH is 1. The Labute approximate surface area is 74.9 Å². The molecule has 1 aliphatic heterocycles. The molecule has 1 heterocycles. The van der Waals surface area contributed by atoms with Gasteiger partial charge >= 0.3 is 0 Å². The number of rotatable bonds is 4. The molecule has 0 aromatic heterocycles. The summed E-state index contributed by atoms with van der Waals surface area (Å²) in [6.45, 7) is 4.79. The fourth-order valence-corrected chi connectivity index (χ4v) is 1.90. The van der Waals surface area contributed by atoms with Crippen LogP contribution in [0.3, 0.4) is 0 Å². The molecular formula is C10H19NO. The van der Waals surface area contributed by atoms with Gasteiger partial charge in [0.05, 0.1) is 6.10 Å². The lowest BCUT2D eigenvalue weighted by molar-refractivity contribution is 0.0794. The summed E-state index contributed by atoms with van der Waals surface area (Å²) in [4.78, 5) is 2.26. The molecule has 0 amide bonds. The molecule has 1 fully saturated rings. The lowest BCUT2D eigenvalue weighted by Crippen LogP contribution is -2.36. The molecule has 12 heavy (non-hydrogen) atoms. The fraction of sp³-hybridized carbons (Fsp3) is 0.800. The van der Waals surface area contributed by atoms with E-state index in [-0.39, 0.29) is 6.10 Å². The van der Waals surface area contributed by atoms with E-state index in [0.29, 0.717) is 6.04 Å². The van der Waals surface area contributed by atoms with Crippen molar-refractivity contribution in [2.24, 2.45) is 0 Å². The molecule has 2 heteroatoms. The van der Waals surface area contributed by atoms with Gasteiger partial charge in [-0.3, -0.25) is 0 Å². The molecule has 1 rings (SSSR count). The Balaban J connectivity index is 2.29. The minimum atomic E-state index is -0.157. The Morgan fingerprint density at radius 1 is 1.75 bits per heavy atom. The minimum Gasteiger partial charge on any atom is -0.391 e. The number of hydrogen-bond donors (Lipinski definition) is 1. The molecule has 0 aromatic rings. The zero-order chi connectivity index (χ0) is 8.97. The zero-order valence-corrected chi connectivity index (χ0v) is 7.87. The van der Waals surface area contributed by atoms with Gasteiger partial charge in [-0.15, -0.1) is 6.58 Å². The third kappa shape index (κ3) is 2.32. The van der Waals surface area contributed by atoms with Crippen molar-refractivity contribution in [1.29, 1.82) is 0 Å². The first-order chi connectivity index (χ1) is 5.75. The van der Waals surface area contributed by atoms with Crippen molar-refractivity contribution in [2.75, 3.05) is 13.6 Å². The fourth-order valence-electron chi connectivity index (χ4n) is 1.90. The van der Waals surface area contributed by atoms with E-state index in [9.17, 15) is 5.11 Å². The first kappa shape index (κ1) is 9.75. The van der Waals surface area contributed by atoms with Crippen LogP contribution < -0.4 is 0 Å². The van der Waals surface area contributed by atoms with E-state index >= 15 is 0 Å². The standard InChI is InChI=1S/C10H19NO/c1-3-4-7-10(12)9-6-5-8-11(9)2/h3,9-10,12H,1,4-8H2,2H3/t9-,10?/m0/s1. The Morgan fingerprint density at radius 2 is 2.50 bits per heavy atom. The normalized spacial score (nSPS) is 27.3. The summed E-state index contributed by atoms with van der Waals surface area (Å²) >= 11 is 0. The molecular weight excluding hydrogens is 150 g/mol. The minimum absolute atomic E-state index is 0.157. The van der Waals surface area contributed by atoms with E-state index in [2.05, 4.69) is 18.5 Å². The van der Waals surface area contributed by atoms with Crippen LogP contribution in [0.5, 0.6) is 0 Å². The second kappa shape index (κ2) is 4.63. The van der Waals surface area contributed by atoms with Crippen LogP contribution in [0.25, 0.3) is 0 Å². The van der Waals surface area contributed by atoms with Crippen LogP contribution in [0.15, 0.2) is 12.7 Å². The highest BCUT2D eigenvalue weighted by molar-refractivity contribution is 4.84. The van der Waals surface area contributed by atoms with Crippen molar-refractivity contribution in [1.82, 2.24) is 4.90 Å². The maximum Gasteiger partial charge on any atom is 0.0698 e. The summed E-state index contributed by atoms with van der Waals surface area (Å²) in [7, 11) is 2.09. The second-order valence-corrected chi connectivity index (χ2v) is 3.62. The van der Waals surface area contributed by atoms with Crippen LogP contribution >= 0.6 is 0 Å². The second-order valence-electron chi connectivity index (χ2n) is 3.62. The van der Waals surface area contributed by atoms with Crippen molar-refractivity contribution in [2.45, 2.75) is 37.8 Å². The molecule has 0 saturated carbocycles. The lowest BCUT2D eigenvalue weighted by atomic mass is 10.0. The van der Waals surface area contributed by atoms with Gasteiger partial charge in [0.1, 0.15) is 0 Å². The van der Waals surface area contributed by atoms with Gasteiger partial charge in [-0.2, -0.15) is 0 Å². The summed E-state index contributed by atoms with van der Waals surface area (Å²) in [5.41, 5.74) is 0. The van der Waals surface area contributed by atoms with E-state index < -0.39 is 0 Å². The Kier molecular flexibility index (Phi) is 3.76. The van der Waals surface area contributed by atoms with Crippen LogP contribution in [-0.4, -0.2) is 35.7 Å². The van der Waals surface area contributed by atoms with Gasteiger partial charge < -0.3 is 10.0 Å². The van der Waals surface area contributed by atoms with Crippen LogP contribution in [0.1, 0.15) is 25.7 Å². The summed E-state index contributed by atoms with van der Waals surface area (Å²) in [6, 6.07) is 0.393. The number of hydrogen-bond acceptors (Lipinski definition) is 2. The Bertz CT molecular complexity index is 147. The van der Waals surface area contributed by atoms with Crippen molar-refractivity contribution in [3.05, 3.63) is 12.7 Å². The summed E-state index contributed by atoms with van der Waals surface area (Å²) in [5.74, 6) is 0. The Morgan fingerprint density at radius 3 is 3.00 bits per heavy atom. The average molecular weight is 169 g/mol. The maximum atomic E-state index is 9.76. The highest BCUT2D eigenvalue weighted by Gasteiger charge is 2.26. The summed E-state index contributed by atoms with van der Waals surface area (Å²) in [6.07, 6.45) is 5.87. The predicted octanol–water partition coefficient (Wildman–Crippen LogP) is 1.41. The van der Waals surface area contributed by atoms with Gasteiger partial charge in [0, 0.05) is 6.04 Å². The van der Waals surface area contributed by atoms with E-state index in [1.165, 1.54) is 6.42 Å². The van der Waals surface area contributed by atoms with Crippen LogP contribution in [0, 0.1) is 0 Å². The number of aliphatic hydroxyl groups is 1. The van der Waals surface area contributed by atoms with Crippen LogP contribution in [0.4, 0.5) is 0 Å². The third-order valence-electron chi connectivity index (χ3n) is 2.69. The van der Waals surface area contributed by atoms with Crippen LogP contribution in [-0.2, 0) is 0 Å². The number of likely N-dealkylation sites (N-methyl/N-ethyl adjacent to an activating group) is 1. The van der Waals surface area contributed by atoms with Crippen molar-refractivity contribution in [3.8, 4) is 0 Å². The first-order valence-electron chi connectivity index (χ1n) is 4.75. The summed E-state index contributed by atoms with van der Waals surface area (Å²) < 4.78 is 0. The summed E-state index contributed by atoms with van der Waals surface area (Å²) in [5, 5.41) is 9.76. The van der Waals surface area contributed by atoms with Crippen LogP contribution in [0.2, 0.25) is 0 Å². The maximum absolute atomic E-state index is 9.76. The van der Waals surface area contributed by atoms with Gasteiger partial charge in [-0.25, -0.2) is 0 Å². The van der Waals surface area contributed by atoms with E-state index in [1.54, 1.807) is 0 Å². The smallest absolute Gasteiger partial charge is 0.0698 e. The molecule has 0 bridgehead atoms. The van der Waals surface area contributed by atoms with Gasteiger partial charge in [0.2, 0.25) is 0 Å². The molecule has 1 aliphatic rings. The third-order valence-corrected chi connectivity index (χ3v) is 2.69. The highest BCUT2D eigenvalue weighted by atomic mass is 16.3. The van der Waals surface area contributed by atoms with Crippen molar-refractivity contribution >= 4 is 0 Å². The van der Waals surface area contributed by atoms with E-state index in [1.807, 2.05) is 6.08 Å². The molecule has 1 saturated heterocycles. The molecule has 0 spiro atoms. The number of allylic oxidation sites excluding steroid dienone is 1. The Hall–Kier alpha value is -0.340. The van der Waals surface area contributed by atoms with Gasteiger partial charge in [-0.1, -0.05) is 6.08 Å². The first-order valence-corrected chi connectivity index (χ1v) is 4.75. The zero-order valence-electron chi connectivity index (χ0n) is 7.87. The monoisotopic (exact) mass is 169 g/mol. The van der Waals surface area contributed by atoms with Crippen molar-refractivity contribution in [3.63, 3.8) is 0 Å². The molecule has 0 aliphatic carbocycles. The molecule has 1 N–H and O–H groups in total. The average Bonchev–Trinajstić information content (AvgIpc) is 2.47. The van der Waals surface area contributed by atoms with Gasteiger partial charge in [0.15, 0.2) is 0 Å². The lowest BCUT2D eigenvalue weighted by Gasteiger charge is -2.24. The molecule has 2 atom stereocenters. The predicted molar refractivity (Wildman–Crippen MR) is 51.1 cm³/mol. The van der Waals surface area contributed by atoms with E-state index in [0.717, 1.165) is 25.8 Å². The molecule has 0 aromatic carbocycles. The largest absolute Gasteiger partial charge is 0.391 e. The van der Waals surface area contributed by atoms with Gasteiger partial charge in [0.25, 0.3) is 0 Å². The molecule has 70 valence electrons. The molecule has 1 unspecified atom stereocenters. The van der Waals surface area contributed by atoms with Crippen molar-refractivity contribution < 1.29 is 5.11 Å². The molecule has 0 radical (unpaired) electrons. The topological polar surface area (TPSA) is 23.5 Å². The quantitative estimate of drug-likeness (QED) is 0.643. The number of likely N-dealkylation sites (tertiary alicyclic amines) is 1. The number of nitrogens with zero attached hydrogens (tertiary/aromatic N) is 1. The van der Waals surface area contributed by atoms with Gasteiger partial charge in [-0.05, 0) is 39.3 Å².